The van der Waals surface area contributed by atoms with Crippen LogP contribution in [0.3, 0.4) is 0 Å². The highest BCUT2D eigenvalue weighted by molar-refractivity contribution is 14.0. The maximum atomic E-state index is 10.6. The molecule has 0 amide bonds. The average molecular weight is 561 g/mol. The third-order valence-electron chi connectivity index (χ3n) is 6.46. The van der Waals surface area contributed by atoms with Gasteiger partial charge in [-0.15, -0.1) is 24.0 Å². The minimum atomic E-state index is -0.605. The number of aliphatic hydroxyl groups is 1. The molecule has 1 saturated heterocycles. The van der Waals surface area contributed by atoms with Gasteiger partial charge < -0.3 is 25.2 Å². The van der Waals surface area contributed by atoms with E-state index >= 15 is 0 Å². The van der Waals surface area contributed by atoms with Gasteiger partial charge in [0.05, 0.1) is 26.4 Å². The van der Waals surface area contributed by atoms with Gasteiger partial charge in [-0.05, 0) is 37.5 Å². The van der Waals surface area contributed by atoms with Gasteiger partial charge in [0.15, 0.2) is 5.96 Å². The summed E-state index contributed by atoms with van der Waals surface area (Å²) in [4.78, 5) is 7.53. The van der Waals surface area contributed by atoms with Gasteiger partial charge >= 0.3 is 0 Å². The van der Waals surface area contributed by atoms with Crippen molar-refractivity contribution in [1.82, 2.24) is 15.5 Å². The van der Waals surface area contributed by atoms with Gasteiger partial charge in [0.25, 0.3) is 0 Å². The summed E-state index contributed by atoms with van der Waals surface area (Å²) < 4.78 is 10.7. The Kier molecular flexibility index (Phi) is 12.1. The summed E-state index contributed by atoms with van der Waals surface area (Å²) in [6.07, 6.45) is 5.79. The van der Waals surface area contributed by atoms with Crippen LogP contribution in [0.1, 0.15) is 50.7 Å². The van der Waals surface area contributed by atoms with Gasteiger partial charge in [-0.25, -0.2) is 0 Å². The average Bonchev–Trinajstić information content (AvgIpc) is 2.82. The van der Waals surface area contributed by atoms with Gasteiger partial charge in [-0.1, -0.05) is 31.4 Å². The number of aliphatic hydroxyl groups excluding tert-OH is 1. The minimum absolute atomic E-state index is 0. The molecule has 3 rings (SSSR count). The molecule has 0 spiro atoms. The first kappa shape index (κ1) is 27.1. The predicted molar refractivity (Wildman–Crippen MR) is 140 cm³/mol. The quantitative estimate of drug-likeness (QED) is 0.245. The number of hydrogen-bond acceptors (Lipinski definition) is 5. The Morgan fingerprint density at radius 2 is 1.84 bits per heavy atom. The Hall–Kier alpha value is -1.10. The third-order valence-corrected chi connectivity index (χ3v) is 6.46. The molecule has 3 N–H and O–H groups in total. The molecular weight excluding hydrogens is 519 g/mol. The largest absolute Gasteiger partial charge is 0.497 e. The van der Waals surface area contributed by atoms with Crippen LogP contribution in [0.25, 0.3) is 0 Å². The smallest absolute Gasteiger partial charge is 0.191 e. The molecule has 0 aromatic heterocycles. The monoisotopic (exact) mass is 560 g/mol. The maximum Gasteiger partial charge on any atom is 0.191 e. The van der Waals surface area contributed by atoms with Gasteiger partial charge in [0.2, 0.25) is 0 Å². The van der Waals surface area contributed by atoms with Crippen LogP contribution in [0.5, 0.6) is 5.75 Å². The number of hydrogen-bond donors (Lipinski definition) is 3. The van der Waals surface area contributed by atoms with E-state index in [0.29, 0.717) is 6.54 Å². The number of guanidine groups is 1. The summed E-state index contributed by atoms with van der Waals surface area (Å²) in [5, 5.41) is 17.3. The van der Waals surface area contributed by atoms with Gasteiger partial charge in [0, 0.05) is 44.7 Å². The SMILES string of the molecule is CCNC(=NCC1(CN2CCOCC2)CCCCC1)NCC(O)c1ccc(OC)cc1.I. The molecule has 0 radical (unpaired) electrons. The molecule has 1 aromatic rings. The lowest BCUT2D eigenvalue weighted by atomic mass is 9.73. The van der Waals surface area contributed by atoms with Crippen LogP contribution < -0.4 is 15.4 Å². The molecule has 1 atom stereocenters. The van der Waals surface area contributed by atoms with Crippen LogP contribution in [0.4, 0.5) is 0 Å². The second kappa shape index (κ2) is 14.2. The van der Waals surface area contributed by atoms with Crippen molar-refractivity contribution in [2.45, 2.75) is 45.1 Å². The van der Waals surface area contributed by atoms with E-state index in [1.165, 1.54) is 32.1 Å². The topological polar surface area (TPSA) is 78.4 Å². The van der Waals surface area contributed by atoms with Crippen molar-refractivity contribution in [3.8, 4) is 5.75 Å². The molecule has 7 nitrogen and oxygen atoms in total. The molecule has 32 heavy (non-hydrogen) atoms. The van der Waals surface area contributed by atoms with Crippen molar-refractivity contribution in [1.29, 1.82) is 0 Å². The first-order valence-electron chi connectivity index (χ1n) is 11.8. The molecule has 1 aliphatic heterocycles. The predicted octanol–water partition coefficient (Wildman–Crippen LogP) is 3.18. The highest BCUT2D eigenvalue weighted by Crippen LogP contribution is 2.37. The molecule has 2 aliphatic rings. The number of benzene rings is 1. The first-order chi connectivity index (χ1) is 15.1. The Morgan fingerprint density at radius 3 is 2.47 bits per heavy atom. The summed E-state index contributed by atoms with van der Waals surface area (Å²) in [5.74, 6) is 1.57. The Balaban J connectivity index is 0.00000363. The van der Waals surface area contributed by atoms with Crippen molar-refractivity contribution in [2.24, 2.45) is 10.4 Å². The molecule has 0 bridgehead atoms. The Morgan fingerprint density at radius 1 is 1.16 bits per heavy atom. The van der Waals surface area contributed by atoms with Crippen molar-refractivity contribution >= 4 is 29.9 Å². The highest BCUT2D eigenvalue weighted by atomic mass is 127. The number of morpholine rings is 1. The number of methoxy groups -OCH3 is 1. The minimum Gasteiger partial charge on any atom is -0.497 e. The van der Waals surface area contributed by atoms with E-state index in [4.69, 9.17) is 14.5 Å². The van der Waals surface area contributed by atoms with Crippen molar-refractivity contribution < 1.29 is 14.6 Å². The van der Waals surface area contributed by atoms with E-state index in [2.05, 4.69) is 22.5 Å². The van der Waals surface area contributed by atoms with Crippen LogP contribution in [0.2, 0.25) is 0 Å². The molecule has 1 unspecified atom stereocenters. The lowest BCUT2D eigenvalue weighted by Gasteiger charge is -2.41. The molecule has 8 heteroatoms. The van der Waals surface area contributed by atoms with E-state index in [9.17, 15) is 5.11 Å². The molecule has 1 aromatic carbocycles. The summed E-state index contributed by atoms with van der Waals surface area (Å²) in [5.41, 5.74) is 1.10. The van der Waals surface area contributed by atoms with Crippen LogP contribution in [0.15, 0.2) is 29.3 Å². The maximum absolute atomic E-state index is 10.6. The van der Waals surface area contributed by atoms with E-state index in [-0.39, 0.29) is 29.4 Å². The van der Waals surface area contributed by atoms with E-state index in [1.807, 2.05) is 24.3 Å². The lowest BCUT2D eigenvalue weighted by Crippen LogP contribution is -2.47. The van der Waals surface area contributed by atoms with E-state index in [0.717, 1.165) is 63.2 Å². The lowest BCUT2D eigenvalue weighted by molar-refractivity contribution is 0.00937. The first-order valence-corrected chi connectivity index (χ1v) is 11.8. The van der Waals surface area contributed by atoms with Crippen molar-refractivity contribution in [3.05, 3.63) is 29.8 Å². The van der Waals surface area contributed by atoms with Crippen LogP contribution in [-0.4, -0.2) is 75.6 Å². The fourth-order valence-corrected chi connectivity index (χ4v) is 4.63. The second-order valence-corrected chi connectivity index (χ2v) is 8.81. The van der Waals surface area contributed by atoms with Crippen LogP contribution >= 0.6 is 24.0 Å². The molecule has 1 heterocycles. The van der Waals surface area contributed by atoms with Crippen molar-refractivity contribution in [2.75, 3.05) is 59.6 Å². The van der Waals surface area contributed by atoms with Gasteiger partial charge in [0.1, 0.15) is 5.75 Å². The van der Waals surface area contributed by atoms with Crippen LogP contribution in [0, 0.1) is 5.41 Å². The van der Waals surface area contributed by atoms with E-state index < -0.39 is 6.10 Å². The number of aliphatic imine (C=N–C) groups is 1. The van der Waals surface area contributed by atoms with Gasteiger partial charge in [-0.2, -0.15) is 0 Å². The molecule has 1 aliphatic carbocycles. The molecule has 2 fully saturated rings. The molecular formula is C24H41IN4O3. The molecule has 182 valence electrons. The number of nitrogens with zero attached hydrogens (tertiary/aromatic N) is 2. The fraction of sp³-hybridized carbons (Fsp3) is 0.708. The van der Waals surface area contributed by atoms with Crippen molar-refractivity contribution in [3.63, 3.8) is 0 Å². The fourth-order valence-electron chi connectivity index (χ4n) is 4.63. The second-order valence-electron chi connectivity index (χ2n) is 8.81. The standard InChI is InChI=1S/C24H40N4O3.HI/c1-3-25-23(26-17-22(29)20-7-9-21(30-2)10-8-20)27-18-24(11-5-4-6-12-24)19-28-13-15-31-16-14-28;/h7-10,22,29H,3-6,11-19H2,1-2H3,(H2,25,26,27);1H. The summed E-state index contributed by atoms with van der Waals surface area (Å²) >= 11 is 0. The number of ether oxygens (including phenoxy) is 2. The zero-order valence-corrected chi connectivity index (χ0v) is 22.0. The number of rotatable bonds is 9. The summed E-state index contributed by atoms with van der Waals surface area (Å²) in [6, 6.07) is 7.54. The Bertz CT molecular complexity index is 674. The summed E-state index contributed by atoms with van der Waals surface area (Å²) in [7, 11) is 1.64. The normalized spacial score (nSPS) is 20.2. The highest BCUT2D eigenvalue weighted by Gasteiger charge is 2.34. The number of nitrogens with one attached hydrogen (secondary N) is 2. The zero-order chi connectivity index (χ0) is 21.9. The zero-order valence-electron chi connectivity index (χ0n) is 19.6. The Labute approximate surface area is 210 Å². The van der Waals surface area contributed by atoms with Gasteiger partial charge in [-0.3, -0.25) is 9.89 Å². The number of halogens is 1. The van der Waals surface area contributed by atoms with E-state index in [1.54, 1.807) is 7.11 Å². The third kappa shape index (κ3) is 8.35. The molecule has 1 saturated carbocycles. The summed E-state index contributed by atoms with van der Waals surface area (Å²) in [6.45, 7) is 8.93. The van der Waals surface area contributed by atoms with Crippen LogP contribution in [-0.2, 0) is 4.74 Å².